The summed E-state index contributed by atoms with van der Waals surface area (Å²) in [4.78, 5) is 18.9. The normalized spacial score (nSPS) is 17.9. The van der Waals surface area contributed by atoms with Crippen molar-refractivity contribution in [3.05, 3.63) is 40.9 Å². The van der Waals surface area contributed by atoms with Crippen molar-refractivity contribution < 1.29 is 4.79 Å². The predicted molar refractivity (Wildman–Crippen MR) is 89.7 cm³/mol. The number of nitrogens with zero attached hydrogens (tertiary/aromatic N) is 2. The largest absolute Gasteiger partial charge is 0.342 e. The van der Waals surface area contributed by atoms with Gasteiger partial charge < -0.3 is 10.6 Å². The highest BCUT2D eigenvalue weighted by Crippen LogP contribution is 2.25. The predicted octanol–water partition coefficient (Wildman–Crippen LogP) is 2.47. The third kappa shape index (κ3) is 3.36. The fraction of sp³-hybridized carbons (Fsp3) is 0.412. The molecule has 2 heterocycles. The van der Waals surface area contributed by atoms with E-state index in [-0.39, 0.29) is 5.91 Å². The zero-order chi connectivity index (χ0) is 15.5. The zero-order valence-corrected chi connectivity index (χ0v) is 13.6. The Kier molecular flexibility index (Phi) is 4.55. The van der Waals surface area contributed by atoms with Gasteiger partial charge in [0.15, 0.2) is 0 Å². The monoisotopic (exact) mass is 315 g/mol. The van der Waals surface area contributed by atoms with E-state index in [2.05, 4.69) is 30.1 Å². The molecule has 0 aliphatic carbocycles. The van der Waals surface area contributed by atoms with Crippen LogP contribution in [0, 0.1) is 12.8 Å². The first-order valence-electron chi connectivity index (χ1n) is 7.65. The van der Waals surface area contributed by atoms with Crippen molar-refractivity contribution in [1.82, 2.24) is 9.88 Å². The summed E-state index contributed by atoms with van der Waals surface area (Å²) in [5, 5.41) is 2.97. The van der Waals surface area contributed by atoms with Crippen LogP contribution in [0.4, 0.5) is 0 Å². The lowest BCUT2D eigenvalue weighted by Gasteiger charge is -2.15. The molecule has 1 aliphatic heterocycles. The average Bonchev–Trinajstić information content (AvgIpc) is 3.16. The van der Waals surface area contributed by atoms with Crippen LogP contribution in [0.2, 0.25) is 0 Å². The highest BCUT2D eigenvalue weighted by atomic mass is 32.1. The summed E-state index contributed by atoms with van der Waals surface area (Å²) in [5.74, 6) is 0.624. The van der Waals surface area contributed by atoms with Crippen LogP contribution < -0.4 is 5.73 Å². The first-order chi connectivity index (χ1) is 10.7. The smallest absolute Gasteiger partial charge is 0.228 e. The number of likely N-dealkylation sites (tertiary alicyclic amines) is 1. The van der Waals surface area contributed by atoms with Crippen LogP contribution in [0.5, 0.6) is 0 Å². The van der Waals surface area contributed by atoms with Gasteiger partial charge in [-0.3, -0.25) is 4.79 Å². The summed E-state index contributed by atoms with van der Waals surface area (Å²) < 4.78 is 0. The quantitative estimate of drug-likeness (QED) is 0.943. The summed E-state index contributed by atoms with van der Waals surface area (Å²) >= 11 is 1.60. The molecule has 1 saturated heterocycles. The van der Waals surface area contributed by atoms with E-state index < -0.39 is 0 Å². The standard InChI is InChI=1S/C17H21N3OS/c1-12-3-2-4-14(7-12)17-19-15(11-22-17)8-16(21)20-6-5-13(9-18)10-20/h2-4,7,11,13H,5-6,8-10,18H2,1H3. The van der Waals surface area contributed by atoms with Crippen molar-refractivity contribution in [2.45, 2.75) is 19.8 Å². The Morgan fingerprint density at radius 2 is 2.36 bits per heavy atom. The molecule has 0 spiro atoms. The van der Waals surface area contributed by atoms with Gasteiger partial charge in [0.25, 0.3) is 0 Å². The Hall–Kier alpha value is -1.72. The molecule has 4 nitrogen and oxygen atoms in total. The minimum absolute atomic E-state index is 0.164. The second-order valence-corrected chi connectivity index (χ2v) is 6.78. The number of nitrogens with two attached hydrogens (primary N) is 1. The minimum Gasteiger partial charge on any atom is -0.342 e. The van der Waals surface area contributed by atoms with Gasteiger partial charge in [-0.15, -0.1) is 11.3 Å². The van der Waals surface area contributed by atoms with Crippen LogP contribution in [-0.2, 0) is 11.2 Å². The minimum atomic E-state index is 0.164. The van der Waals surface area contributed by atoms with Crippen LogP contribution in [0.15, 0.2) is 29.6 Å². The van der Waals surface area contributed by atoms with Gasteiger partial charge in [-0.05, 0) is 31.9 Å². The molecule has 0 radical (unpaired) electrons. The average molecular weight is 315 g/mol. The lowest BCUT2D eigenvalue weighted by atomic mass is 10.1. The van der Waals surface area contributed by atoms with Gasteiger partial charge in [0.2, 0.25) is 5.91 Å². The number of carbonyl (C=O) groups is 1. The lowest BCUT2D eigenvalue weighted by Crippen LogP contribution is -2.31. The molecule has 1 atom stereocenters. The molecule has 0 bridgehead atoms. The first kappa shape index (κ1) is 15.2. The van der Waals surface area contributed by atoms with Crippen molar-refractivity contribution in [1.29, 1.82) is 0 Å². The lowest BCUT2D eigenvalue weighted by molar-refractivity contribution is -0.129. The number of hydrogen-bond acceptors (Lipinski definition) is 4. The molecule has 1 aromatic heterocycles. The summed E-state index contributed by atoms with van der Waals surface area (Å²) in [6.07, 6.45) is 1.41. The Balaban J connectivity index is 1.66. The molecule has 2 aromatic rings. The summed E-state index contributed by atoms with van der Waals surface area (Å²) in [6.45, 7) is 4.36. The third-order valence-corrected chi connectivity index (χ3v) is 5.06. The number of aromatic nitrogens is 1. The summed E-state index contributed by atoms with van der Waals surface area (Å²) in [6, 6.07) is 8.29. The number of hydrogen-bond donors (Lipinski definition) is 1. The van der Waals surface area contributed by atoms with Gasteiger partial charge in [0, 0.05) is 24.0 Å². The number of aryl methyl sites for hydroxylation is 1. The van der Waals surface area contributed by atoms with E-state index >= 15 is 0 Å². The molecule has 3 rings (SSSR count). The molecular formula is C17H21N3OS. The van der Waals surface area contributed by atoms with Crippen LogP contribution in [-0.4, -0.2) is 35.4 Å². The molecule has 1 fully saturated rings. The molecule has 116 valence electrons. The Labute approximate surface area is 135 Å². The number of benzene rings is 1. The second-order valence-electron chi connectivity index (χ2n) is 5.92. The summed E-state index contributed by atoms with van der Waals surface area (Å²) in [7, 11) is 0. The fourth-order valence-corrected chi connectivity index (χ4v) is 3.63. The Bertz CT molecular complexity index is 667. The first-order valence-corrected chi connectivity index (χ1v) is 8.53. The van der Waals surface area contributed by atoms with Crippen LogP contribution in [0.25, 0.3) is 10.6 Å². The van der Waals surface area contributed by atoms with Crippen molar-refractivity contribution in [3.8, 4) is 10.6 Å². The van der Waals surface area contributed by atoms with Crippen molar-refractivity contribution in [2.75, 3.05) is 19.6 Å². The van der Waals surface area contributed by atoms with Gasteiger partial charge in [-0.1, -0.05) is 23.8 Å². The highest BCUT2D eigenvalue weighted by Gasteiger charge is 2.25. The van der Waals surface area contributed by atoms with Gasteiger partial charge in [-0.25, -0.2) is 4.98 Å². The van der Waals surface area contributed by atoms with Gasteiger partial charge in [-0.2, -0.15) is 0 Å². The topological polar surface area (TPSA) is 59.2 Å². The van der Waals surface area contributed by atoms with Crippen molar-refractivity contribution >= 4 is 17.2 Å². The molecule has 1 aromatic carbocycles. The number of amides is 1. The van der Waals surface area contributed by atoms with Gasteiger partial charge in [0.1, 0.15) is 5.01 Å². The van der Waals surface area contributed by atoms with E-state index in [0.29, 0.717) is 18.9 Å². The van der Waals surface area contributed by atoms with E-state index in [1.165, 1.54) is 5.56 Å². The summed E-state index contributed by atoms with van der Waals surface area (Å²) in [5.41, 5.74) is 8.88. The van der Waals surface area contributed by atoms with Crippen molar-refractivity contribution in [2.24, 2.45) is 11.7 Å². The number of rotatable bonds is 4. The van der Waals surface area contributed by atoms with E-state index in [0.717, 1.165) is 35.8 Å². The molecule has 5 heteroatoms. The molecule has 22 heavy (non-hydrogen) atoms. The van der Waals surface area contributed by atoms with E-state index in [1.807, 2.05) is 16.3 Å². The van der Waals surface area contributed by atoms with Crippen LogP contribution >= 0.6 is 11.3 Å². The molecule has 1 aliphatic rings. The molecule has 0 saturated carbocycles. The van der Waals surface area contributed by atoms with Crippen LogP contribution in [0.1, 0.15) is 17.7 Å². The van der Waals surface area contributed by atoms with Crippen LogP contribution in [0.3, 0.4) is 0 Å². The highest BCUT2D eigenvalue weighted by molar-refractivity contribution is 7.13. The number of carbonyl (C=O) groups excluding carboxylic acids is 1. The molecular weight excluding hydrogens is 294 g/mol. The maximum atomic E-state index is 12.3. The zero-order valence-electron chi connectivity index (χ0n) is 12.8. The SMILES string of the molecule is Cc1cccc(-c2nc(CC(=O)N3CCC(CN)C3)cs2)c1. The third-order valence-electron chi connectivity index (χ3n) is 4.12. The van der Waals surface area contributed by atoms with E-state index in [9.17, 15) is 4.79 Å². The molecule has 1 unspecified atom stereocenters. The fourth-order valence-electron chi connectivity index (χ4n) is 2.82. The Morgan fingerprint density at radius 1 is 1.50 bits per heavy atom. The molecule has 1 amide bonds. The van der Waals surface area contributed by atoms with E-state index in [1.54, 1.807) is 11.3 Å². The molecule has 2 N–H and O–H groups in total. The number of thiazole rings is 1. The maximum absolute atomic E-state index is 12.3. The second kappa shape index (κ2) is 6.58. The van der Waals surface area contributed by atoms with Gasteiger partial charge in [0.05, 0.1) is 12.1 Å². The van der Waals surface area contributed by atoms with Gasteiger partial charge >= 0.3 is 0 Å². The maximum Gasteiger partial charge on any atom is 0.228 e. The van der Waals surface area contributed by atoms with E-state index in [4.69, 9.17) is 5.73 Å². The Morgan fingerprint density at radius 3 is 3.09 bits per heavy atom. The van der Waals surface area contributed by atoms with Crippen molar-refractivity contribution in [3.63, 3.8) is 0 Å².